The van der Waals surface area contributed by atoms with E-state index in [4.69, 9.17) is 14.6 Å². The molecule has 172 valence electrons. The maximum absolute atomic E-state index is 12.5. The molecule has 2 aromatic rings. The van der Waals surface area contributed by atoms with Gasteiger partial charge in [-0.2, -0.15) is 5.26 Å². The third-order valence-corrected chi connectivity index (χ3v) is 5.78. The van der Waals surface area contributed by atoms with E-state index in [-0.39, 0.29) is 37.0 Å². The lowest BCUT2D eigenvalue weighted by atomic mass is 10.0. The number of amides is 2. The first-order valence-electron chi connectivity index (χ1n) is 11.0. The van der Waals surface area contributed by atoms with Gasteiger partial charge in [-0.25, -0.2) is 4.98 Å². The normalized spacial score (nSPS) is 19.9. The number of carbonyl (C=O) groups is 2. The molecule has 1 aromatic heterocycles. The van der Waals surface area contributed by atoms with Crippen LogP contribution in [0.5, 0.6) is 5.75 Å². The number of carbonyl (C=O) groups excluding carboxylic acids is 2. The topological polar surface area (TPSA) is 134 Å². The van der Waals surface area contributed by atoms with Gasteiger partial charge in [-0.15, -0.1) is 0 Å². The number of pyridine rings is 1. The third kappa shape index (κ3) is 5.66. The highest BCUT2D eigenvalue weighted by Gasteiger charge is 2.48. The van der Waals surface area contributed by atoms with Crippen molar-refractivity contribution in [2.45, 2.75) is 25.4 Å². The number of nitrogens with zero attached hydrogens (tertiary/aromatic N) is 2. The molecule has 2 atom stereocenters. The van der Waals surface area contributed by atoms with Gasteiger partial charge in [-0.1, -0.05) is 6.07 Å². The number of aromatic nitrogens is 1. The molecule has 2 fully saturated rings. The molecule has 0 spiro atoms. The van der Waals surface area contributed by atoms with Crippen molar-refractivity contribution in [1.82, 2.24) is 10.3 Å². The largest absolute Gasteiger partial charge is 0.489 e. The van der Waals surface area contributed by atoms with Crippen molar-refractivity contribution in [2.24, 2.45) is 11.8 Å². The Labute approximate surface area is 191 Å². The molecule has 0 radical (unpaired) electrons. The second kappa shape index (κ2) is 10.4. The number of nitriles is 1. The highest BCUT2D eigenvalue weighted by atomic mass is 16.5. The average Bonchev–Trinajstić information content (AvgIpc) is 3.65. The van der Waals surface area contributed by atoms with Gasteiger partial charge >= 0.3 is 0 Å². The summed E-state index contributed by atoms with van der Waals surface area (Å²) in [6.07, 6.45) is 3.69. The first-order valence-corrected chi connectivity index (χ1v) is 11.0. The molecule has 9 nitrogen and oxygen atoms in total. The molecule has 33 heavy (non-hydrogen) atoms. The molecule has 1 aliphatic heterocycles. The zero-order chi connectivity index (χ0) is 23.2. The molecule has 1 aromatic carbocycles. The van der Waals surface area contributed by atoms with Crippen LogP contribution in [0.4, 0.5) is 5.82 Å². The zero-order valence-corrected chi connectivity index (χ0v) is 18.1. The van der Waals surface area contributed by atoms with Crippen LogP contribution >= 0.6 is 0 Å². The van der Waals surface area contributed by atoms with Gasteiger partial charge in [0, 0.05) is 25.6 Å². The molecule has 3 N–H and O–H groups in total. The van der Waals surface area contributed by atoms with Gasteiger partial charge in [0.25, 0.3) is 0 Å². The van der Waals surface area contributed by atoms with Gasteiger partial charge in [0.2, 0.25) is 11.8 Å². The summed E-state index contributed by atoms with van der Waals surface area (Å²) in [5.41, 5.74) is 2.04. The number of rotatable bonds is 8. The van der Waals surface area contributed by atoms with Crippen LogP contribution in [0.25, 0.3) is 11.1 Å². The van der Waals surface area contributed by atoms with Gasteiger partial charge in [0.1, 0.15) is 23.7 Å². The van der Waals surface area contributed by atoms with E-state index in [1.165, 1.54) is 0 Å². The van der Waals surface area contributed by atoms with Gasteiger partial charge in [-0.05, 0) is 41.8 Å². The number of hydrogen-bond acceptors (Lipinski definition) is 7. The molecule has 1 aliphatic carbocycles. The molecule has 1 saturated carbocycles. The van der Waals surface area contributed by atoms with E-state index in [0.717, 1.165) is 24.0 Å². The highest BCUT2D eigenvalue weighted by molar-refractivity contribution is 5.99. The van der Waals surface area contributed by atoms with Gasteiger partial charge in [-0.3, -0.25) is 9.59 Å². The van der Waals surface area contributed by atoms with E-state index in [2.05, 4.69) is 21.7 Å². The Bertz CT molecular complexity index is 1060. The fourth-order valence-electron chi connectivity index (χ4n) is 3.86. The van der Waals surface area contributed by atoms with E-state index in [0.29, 0.717) is 36.8 Å². The van der Waals surface area contributed by atoms with Crippen molar-refractivity contribution in [3.8, 4) is 22.9 Å². The third-order valence-electron chi connectivity index (χ3n) is 5.78. The SMILES string of the molecule is N#Cc1cc(-c2ccnc(NC(=O)C3CC3C(=O)NCCO)c2)ccc1OC1CCOCC1. The molecule has 2 heterocycles. The average molecular weight is 450 g/mol. The van der Waals surface area contributed by atoms with Crippen molar-refractivity contribution in [2.75, 3.05) is 31.7 Å². The Morgan fingerprint density at radius 3 is 2.67 bits per heavy atom. The fraction of sp³-hybridized carbons (Fsp3) is 0.417. The van der Waals surface area contributed by atoms with E-state index in [1.807, 2.05) is 6.07 Å². The molecule has 1 saturated heterocycles. The van der Waals surface area contributed by atoms with Crippen LogP contribution in [-0.2, 0) is 14.3 Å². The van der Waals surface area contributed by atoms with Gasteiger partial charge in [0.05, 0.1) is 37.2 Å². The minimum atomic E-state index is -0.402. The minimum absolute atomic E-state index is 0.0383. The molecule has 0 bridgehead atoms. The predicted molar refractivity (Wildman–Crippen MR) is 119 cm³/mol. The van der Waals surface area contributed by atoms with Crippen LogP contribution in [0.15, 0.2) is 36.5 Å². The standard InChI is InChI=1S/C24H26N4O5/c25-14-17-11-15(1-2-21(17)33-18-4-9-32-10-5-18)16-3-6-26-22(12-16)28-24(31)20-13-19(20)23(30)27-7-8-29/h1-3,6,11-12,18-20,29H,4-5,7-10,13H2,(H,27,30)(H,26,28,31). The van der Waals surface area contributed by atoms with Crippen molar-refractivity contribution in [1.29, 1.82) is 5.26 Å². The smallest absolute Gasteiger partial charge is 0.229 e. The van der Waals surface area contributed by atoms with Crippen molar-refractivity contribution in [3.05, 3.63) is 42.1 Å². The van der Waals surface area contributed by atoms with E-state index < -0.39 is 5.92 Å². The van der Waals surface area contributed by atoms with Crippen molar-refractivity contribution < 1.29 is 24.2 Å². The van der Waals surface area contributed by atoms with Gasteiger partial charge < -0.3 is 25.2 Å². The van der Waals surface area contributed by atoms with Gasteiger partial charge in [0.15, 0.2) is 0 Å². The van der Waals surface area contributed by atoms with Crippen LogP contribution in [0.1, 0.15) is 24.8 Å². The first-order chi connectivity index (χ1) is 16.1. The van der Waals surface area contributed by atoms with Crippen molar-refractivity contribution >= 4 is 17.6 Å². The zero-order valence-electron chi connectivity index (χ0n) is 18.1. The summed E-state index contributed by atoms with van der Waals surface area (Å²) in [7, 11) is 0. The molecule has 2 unspecified atom stereocenters. The lowest BCUT2D eigenvalue weighted by Crippen LogP contribution is -2.29. The quantitative estimate of drug-likeness (QED) is 0.559. The Balaban J connectivity index is 1.41. The fourth-order valence-corrected chi connectivity index (χ4v) is 3.86. The Hall–Kier alpha value is -3.48. The molecular formula is C24H26N4O5. The Morgan fingerprint density at radius 1 is 1.15 bits per heavy atom. The monoisotopic (exact) mass is 450 g/mol. The predicted octanol–water partition coefficient (Wildman–Crippen LogP) is 1.86. The second-order valence-corrected chi connectivity index (χ2v) is 8.13. The van der Waals surface area contributed by atoms with E-state index in [1.54, 1.807) is 30.5 Å². The number of ether oxygens (including phenoxy) is 2. The summed E-state index contributed by atoms with van der Waals surface area (Å²) in [6, 6.07) is 11.2. The number of aliphatic hydroxyl groups is 1. The summed E-state index contributed by atoms with van der Waals surface area (Å²) in [6.45, 7) is 1.36. The molecule has 4 rings (SSSR count). The number of hydrogen-bond donors (Lipinski definition) is 3. The van der Waals surface area contributed by atoms with E-state index in [9.17, 15) is 14.9 Å². The number of nitrogens with one attached hydrogen (secondary N) is 2. The Kier molecular flexibility index (Phi) is 7.17. The van der Waals surface area contributed by atoms with Crippen LogP contribution in [0.2, 0.25) is 0 Å². The van der Waals surface area contributed by atoms with Crippen LogP contribution in [-0.4, -0.2) is 54.4 Å². The van der Waals surface area contributed by atoms with Crippen molar-refractivity contribution in [3.63, 3.8) is 0 Å². The lowest BCUT2D eigenvalue weighted by Gasteiger charge is -2.23. The highest BCUT2D eigenvalue weighted by Crippen LogP contribution is 2.39. The van der Waals surface area contributed by atoms with Crippen LogP contribution in [0, 0.1) is 23.2 Å². The summed E-state index contributed by atoms with van der Waals surface area (Å²) in [5, 5.41) is 23.8. The maximum atomic E-state index is 12.5. The van der Waals surface area contributed by atoms with Crippen LogP contribution < -0.4 is 15.4 Å². The molecule has 2 amide bonds. The summed E-state index contributed by atoms with van der Waals surface area (Å²) in [5.74, 6) is -0.336. The Morgan fingerprint density at radius 2 is 1.91 bits per heavy atom. The summed E-state index contributed by atoms with van der Waals surface area (Å²) >= 11 is 0. The first kappa shape index (κ1) is 22.7. The molecule has 2 aliphatic rings. The molecular weight excluding hydrogens is 424 g/mol. The number of benzene rings is 1. The lowest BCUT2D eigenvalue weighted by molar-refractivity contribution is -0.125. The van der Waals surface area contributed by atoms with Crippen LogP contribution in [0.3, 0.4) is 0 Å². The van der Waals surface area contributed by atoms with E-state index >= 15 is 0 Å². The molecule has 9 heteroatoms. The number of anilines is 1. The minimum Gasteiger partial charge on any atom is -0.489 e. The second-order valence-electron chi connectivity index (χ2n) is 8.13. The summed E-state index contributed by atoms with van der Waals surface area (Å²) < 4.78 is 11.4. The summed E-state index contributed by atoms with van der Waals surface area (Å²) in [4.78, 5) is 28.6. The number of aliphatic hydroxyl groups excluding tert-OH is 1. The maximum Gasteiger partial charge on any atom is 0.229 e.